The van der Waals surface area contributed by atoms with E-state index in [1.807, 2.05) is 24.1 Å². The van der Waals surface area contributed by atoms with Gasteiger partial charge in [0.15, 0.2) is 0 Å². The highest BCUT2D eigenvalue weighted by Crippen LogP contribution is 2.34. The van der Waals surface area contributed by atoms with Crippen LogP contribution in [0.5, 0.6) is 5.75 Å². The maximum atomic E-state index is 11.2. The Morgan fingerprint density at radius 3 is 2.81 bits per heavy atom. The minimum atomic E-state index is -0.754. The number of nitrogens with zero attached hydrogens (tertiary/aromatic N) is 2. The Bertz CT molecular complexity index is 590. The number of likely N-dealkylation sites (N-methyl/N-ethyl adjacent to an activating group) is 1. The van der Waals surface area contributed by atoms with Gasteiger partial charge in [-0.2, -0.15) is 0 Å². The molecule has 2 aliphatic rings. The minimum Gasteiger partial charge on any atom is -0.507 e. The number of rotatable bonds is 3. The van der Waals surface area contributed by atoms with Crippen molar-refractivity contribution in [2.75, 3.05) is 12.8 Å². The van der Waals surface area contributed by atoms with E-state index in [0.717, 1.165) is 22.8 Å². The molecule has 2 N–H and O–H groups in total. The fourth-order valence-corrected chi connectivity index (χ4v) is 4.28. The summed E-state index contributed by atoms with van der Waals surface area (Å²) in [6.45, 7) is 0. The Morgan fingerprint density at radius 2 is 2.14 bits per heavy atom. The van der Waals surface area contributed by atoms with Crippen molar-refractivity contribution in [3.63, 3.8) is 0 Å². The molecule has 2 aliphatic heterocycles. The van der Waals surface area contributed by atoms with Gasteiger partial charge in [0.25, 0.3) is 0 Å². The van der Waals surface area contributed by atoms with Gasteiger partial charge in [0.2, 0.25) is 0 Å². The van der Waals surface area contributed by atoms with Crippen LogP contribution in [0.3, 0.4) is 0 Å². The molecule has 21 heavy (non-hydrogen) atoms. The fourth-order valence-electron chi connectivity index (χ4n) is 3.12. The topological polar surface area (TPSA) is 73.1 Å². The lowest BCUT2D eigenvalue weighted by Gasteiger charge is -2.26. The van der Waals surface area contributed by atoms with E-state index in [0.29, 0.717) is 6.42 Å². The van der Waals surface area contributed by atoms with Crippen LogP contribution in [0.4, 0.5) is 0 Å². The summed E-state index contributed by atoms with van der Waals surface area (Å²) in [4.78, 5) is 17.9. The number of aliphatic carboxylic acids is 1. The SMILES string of the molecule is CN1[C@@H](C(=O)O)CC[C@H]1[C@@H]1CSC(c2ccccc2O)=N1. The number of aliphatic imine (C=N–C) groups is 1. The number of thioether (sulfide) groups is 1. The van der Waals surface area contributed by atoms with Gasteiger partial charge in [-0.3, -0.25) is 14.7 Å². The molecule has 0 amide bonds. The molecule has 0 spiro atoms. The molecule has 0 aliphatic carbocycles. The van der Waals surface area contributed by atoms with Crippen molar-refractivity contribution >= 4 is 22.8 Å². The molecule has 112 valence electrons. The van der Waals surface area contributed by atoms with E-state index in [1.165, 1.54) is 0 Å². The quantitative estimate of drug-likeness (QED) is 0.891. The Morgan fingerprint density at radius 1 is 1.38 bits per heavy atom. The maximum Gasteiger partial charge on any atom is 0.320 e. The van der Waals surface area contributed by atoms with Crippen LogP contribution in [0, 0.1) is 0 Å². The molecule has 0 aromatic heterocycles. The summed E-state index contributed by atoms with van der Waals surface area (Å²) in [5.41, 5.74) is 0.764. The average molecular weight is 306 g/mol. The van der Waals surface area contributed by atoms with Crippen molar-refractivity contribution in [1.29, 1.82) is 0 Å². The molecule has 1 saturated heterocycles. The van der Waals surface area contributed by atoms with Crippen molar-refractivity contribution < 1.29 is 15.0 Å². The molecule has 2 heterocycles. The first kappa shape index (κ1) is 14.4. The number of carbonyl (C=O) groups is 1. The second kappa shape index (κ2) is 5.69. The minimum absolute atomic E-state index is 0.0963. The molecular weight excluding hydrogens is 288 g/mol. The number of aromatic hydroxyl groups is 1. The van der Waals surface area contributed by atoms with Gasteiger partial charge in [-0.25, -0.2) is 0 Å². The number of phenols is 1. The molecule has 0 radical (unpaired) electrons. The summed E-state index contributed by atoms with van der Waals surface area (Å²) in [5, 5.41) is 20.0. The monoisotopic (exact) mass is 306 g/mol. The first-order valence-corrected chi connectivity index (χ1v) is 8.00. The van der Waals surface area contributed by atoms with Crippen molar-refractivity contribution in [2.24, 2.45) is 4.99 Å². The molecule has 0 unspecified atom stereocenters. The summed E-state index contributed by atoms with van der Waals surface area (Å²) in [6.07, 6.45) is 1.54. The zero-order valence-corrected chi connectivity index (χ0v) is 12.6. The highest BCUT2D eigenvalue weighted by Gasteiger charge is 2.40. The average Bonchev–Trinajstić information content (AvgIpc) is 3.05. The number of phenolic OH excluding ortho intramolecular Hbond substituents is 1. The highest BCUT2D eigenvalue weighted by atomic mass is 32.2. The van der Waals surface area contributed by atoms with E-state index < -0.39 is 12.0 Å². The largest absolute Gasteiger partial charge is 0.507 e. The van der Waals surface area contributed by atoms with Gasteiger partial charge >= 0.3 is 5.97 Å². The summed E-state index contributed by atoms with van der Waals surface area (Å²) in [7, 11) is 1.87. The summed E-state index contributed by atoms with van der Waals surface area (Å²) in [5.74, 6) is 0.327. The third-order valence-electron chi connectivity index (χ3n) is 4.29. The lowest BCUT2D eigenvalue weighted by Crippen LogP contribution is -2.42. The second-order valence-corrected chi connectivity index (χ2v) is 6.50. The van der Waals surface area contributed by atoms with Crippen LogP contribution in [-0.2, 0) is 4.79 Å². The van der Waals surface area contributed by atoms with E-state index in [-0.39, 0.29) is 17.8 Å². The molecular formula is C15H18N2O3S. The van der Waals surface area contributed by atoms with Gasteiger partial charge in [0.1, 0.15) is 16.8 Å². The Hall–Kier alpha value is -1.53. The Balaban J connectivity index is 1.78. The molecule has 1 aromatic rings. The molecule has 0 bridgehead atoms. The number of likely N-dealkylation sites (tertiary alicyclic amines) is 1. The molecule has 3 rings (SSSR count). The van der Waals surface area contributed by atoms with Crippen LogP contribution >= 0.6 is 11.8 Å². The predicted octanol–water partition coefficient (Wildman–Crippen LogP) is 1.80. The Kier molecular flexibility index (Phi) is 3.91. The summed E-state index contributed by atoms with van der Waals surface area (Å²) in [6, 6.07) is 7.06. The van der Waals surface area contributed by atoms with E-state index in [4.69, 9.17) is 4.99 Å². The van der Waals surface area contributed by atoms with Gasteiger partial charge in [0, 0.05) is 17.4 Å². The molecule has 1 fully saturated rings. The standard InChI is InChI=1S/C15H18N2O3S/c1-17-11(6-7-12(17)15(19)20)10-8-21-14(16-10)9-4-2-3-5-13(9)18/h2-5,10-12,18H,6-8H2,1H3,(H,19,20)/t10-,11-,12+/m0/s1. The van der Waals surface area contributed by atoms with Gasteiger partial charge in [-0.15, -0.1) is 11.8 Å². The Labute approximate surface area is 127 Å². The first-order valence-electron chi connectivity index (χ1n) is 7.01. The van der Waals surface area contributed by atoms with Crippen molar-refractivity contribution in [1.82, 2.24) is 4.90 Å². The van der Waals surface area contributed by atoms with Gasteiger partial charge < -0.3 is 10.2 Å². The second-order valence-electron chi connectivity index (χ2n) is 5.49. The van der Waals surface area contributed by atoms with E-state index in [1.54, 1.807) is 23.9 Å². The van der Waals surface area contributed by atoms with Crippen LogP contribution in [0.2, 0.25) is 0 Å². The van der Waals surface area contributed by atoms with Crippen molar-refractivity contribution in [2.45, 2.75) is 31.0 Å². The molecule has 6 heteroatoms. The van der Waals surface area contributed by atoms with Crippen LogP contribution < -0.4 is 0 Å². The van der Waals surface area contributed by atoms with Gasteiger partial charge in [-0.05, 0) is 32.0 Å². The molecule has 3 atom stereocenters. The number of hydrogen-bond donors (Lipinski definition) is 2. The number of carboxylic acids is 1. The zero-order chi connectivity index (χ0) is 15.0. The molecule has 1 aromatic carbocycles. The van der Waals surface area contributed by atoms with E-state index in [9.17, 15) is 15.0 Å². The van der Waals surface area contributed by atoms with Crippen molar-refractivity contribution in [3.8, 4) is 5.75 Å². The smallest absolute Gasteiger partial charge is 0.320 e. The van der Waals surface area contributed by atoms with Crippen LogP contribution in [0.15, 0.2) is 29.3 Å². The molecule has 5 nitrogen and oxygen atoms in total. The van der Waals surface area contributed by atoms with Crippen molar-refractivity contribution in [3.05, 3.63) is 29.8 Å². The highest BCUT2D eigenvalue weighted by molar-refractivity contribution is 8.14. The van der Waals surface area contributed by atoms with Gasteiger partial charge in [-0.1, -0.05) is 12.1 Å². The number of benzene rings is 1. The molecule has 0 saturated carbocycles. The third kappa shape index (κ3) is 2.65. The van der Waals surface area contributed by atoms with Crippen LogP contribution in [0.1, 0.15) is 18.4 Å². The number of para-hydroxylation sites is 1. The summed E-state index contributed by atoms with van der Waals surface area (Å²) < 4.78 is 0. The lowest BCUT2D eigenvalue weighted by atomic mass is 10.1. The first-order chi connectivity index (χ1) is 10.1. The normalized spacial score (nSPS) is 29.6. The fraction of sp³-hybridized carbons (Fsp3) is 0.467. The van der Waals surface area contributed by atoms with E-state index >= 15 is 0 Å². The van der Waals surface area contributed by atoms with Gasteiger partial charge in [0.05, 0.1) is 6.04 Å². The van der Waals surface area contributed by atoms with E-state index in [2.05, 4.69) is 0 Å². The number of hydrogen-bond acceptors (Lipinski definition) is 5. The predicted molar refractivity (Wildman–Crippen MR) is 83.1 cm³/mol. The lowest BCUT2D eigenvalue weighted by molar-refractivity contribution is -0.142. The summed E-state index contributed by atoms with van der Waals surface area (Å²) >= 11 is 1.63. The maximum absolute atomic E-state index is 11.2. The number of carboxylic acid groups (broad SMARTS) is 1. The van der Waals surface area contributed by atoms with Crippen LogP contribution in [0.25, 0.3) is 0 Å². The zero-order valence-electron chi connectivity index (χ0n) is 11.8. The third-order valence-corrected chi connectivity index (χ3v) is 5.40. The van der Waals surface area contributed by atoms with Crippen LogP contribution in [-0.4, -0.2) is 57.1 Å².